The lowest BCUT2D eigenvalue weighted by molar-refractivity contribution is -0.110. The van der Waals surface area contributed by atoms with Crippen molar-refractivity contribution in [1.29, 1.82) is 0 Å². The number of carbonyl (C=O) groups is 1. The van der Waals surface area contributed by atoms with Crippen molar-refractivity contribution in [1.82, 2.24) is 4.90 Å². The fourth-order valence-electron chi connectivity index (χ4n) is 5.50. The van der Waals surface area contributed by atoms with Crippen LogP contribution in [0.15, 0.2) is 60.7 Å². The average Bonchev–Trinajstić information content (AvgIpc) is 3.10. The highest BCUT2D eigenvalue weighted by Gasteiger charge is 2.58. The van der Waals surface area contributed by atoms with Gasteiger partial charge < -0.3 is 23.7 Å². The number of rotatable bonds is 9. The molecule has 8 heteroatoms. The minimum absolute atomic E-state index is 0.0320. The number of methoxy groups -OCH3 is 1. The van der Waals surface area contributed by atoms with E-state index < -0.39 is 31.7 Å². The molecule has 0 saturated carbocycles. The van der Waals surface area contributed by atoms with Crippen molar-refractivity contribution in [2.75, 3.05) is 33.7 Å². The summed E-state index contributed by atoms with van der Waals surface area (Å²) in [5, 5.41) is 13.6. The highest BCUT2D eigenvalue weighted by atomic mass is 28.4. The molecule has 0 unspecified atom stereocenters. The summed E-state index contributed by atoms with van der Waals surface area (Å²) in [6, 6.07) is 20.6. The van der Waals surface area contributed by atoms with Gasteiger partial charge in [-0.05, 0) is 36.2 Å². The van der Waals surface area contributed by atoms with E-state index in [1.807, 2.05) is 64.1 Å². The van der Waals surface area contributed by atoms with Gasteiger partial charge in [0, 0.05) is 19.6 Å². The first-order valence-corrected chi connectivity index (χ1v) is 15.2. The van der Waals surface area contributed by atoms with Crippen molar-refractivity contribution in [2.24, 2.45) is 5.92 Å². The van der Waals surface area contributed by atoms with Crippen LogP contribution in [0.25, 0.3) is 0 Å². The highest BCUT2D eigenvalue weighted by Crippen LogP contribution is 2.41. The molecule has 0 aliphatic carbocycles. The summed E-state index contributed by atoms with van der Waals surface area (Å²) in [5.74, 6) is -0.198. The van der Waals surface area contributed by atoms with Crippen LogP contribution in [0, 0.1) is 5.92 Å². The van der Waals surface area contributed by atoms with Crippen LogP contribution < -0.4 is 10.4 Å². The second-order valence-corrected chi connectivity index (χ2v) is 16.6. The van der Waals surface area contributed by atoms with Crippen molar-refractivity contribution in [3.63, 3.8) is 0 Å². The lowest BCUT2D eigenvalue weighted by Crippen LogP contribution is -2.70. The van der Waals surface area contributed by atoms with E-state index in [4.69, 9.17) is 18.6 Å². The number of nitrogens with zero attached hydrogens (tertiary/aromatic N) is 1. The maximum atomic E-state index is 13.5. The van der Waals surface area contributed by atoms with Gasteiger partial charge in [-0.25, -0.2) is 4.79 Å². The van der Waals surface area contributed by atoms with Crippen LogP contribution >= 0.6 is 0 Å². The maximum absolute atomic E-state index is 13.5. The first kappa shape index (κ1) is 30.3. The fourth-order valence-corrected chi connectivity index (χ4v) is 10.1. The van der Waals surface area contributed by atoms with Gasteiger partial charge in [0.15, 0.2) is 0 Å². The summed E-state index contributed by atoms with van der Waals surface area (Å²) >= 11 is 0. The molecule has 210 valence electrons. The molecule has 2 aromatic rings. The highest BCUT2D eigenvalue weighted by molar-refractivity contribution is 6.99. The third-order valence-corrected chi connectivity index (χ3v) is 12.2. The molecule has 1 heterocycles. The van der Waals surface area contributed by atoms with Crippen molar-refractivity contribution < 1.29 is 28.5 Å². The van der Waals surface area contributed by atoms with Gasteiger partial charge in [0.1, 0.15) is 17.9 Å². The van der Waals surface area contributed by atoms with E-state index >= 15 is 0 Å². The Morgan fingerprint density at radius 1 is 0.974 bits per heavy atom. The smallest absolute Gasteiger partial charge is 0.411 e. The van der Waals surface area contributed by atoms with Crippen LogP contribution in [-0.2, 0) is 18.6 Å². The molecule has 0 radical (unpaired) electrons. The number of likely N-dealkylation sites (tertiary alicyclic amines) is 1. The van der Waals surface area contributed by atoms with E-state index in [1.165, 1.54) is 0 Å². The second-order valence-electron chi connectivity index (χ2n) is 12.3. The molecule has 3 rings (SSSR count). The zero-order chi connectivity index (χ0) is 28.2. The van der Waals surface area contributed by atoms with Gasteiger partial charge in [-0.2, -0.15) is 0 Å². The standard InChI is InChI=1S/C30H45NO6Si/c1-23-19-31(27(33)37-28(2,3)4)30(26(23)32,20-35-22-34-8)21-36-38(29(5,6)7,24-15-11-9-12-16-24)25-17-13-10-14-18-25/h9-18,23,26,32H,19-22H2,1-8H3/t23-,26+,30-/m0/s1. The molecule has 38 heavy (non-hydrogen) atoms. The number of amides is 1. The zero-order valence-corrected chi connectivity index (χ0v) is 25.2. The van der Waals surface area contributed by atoms with Gasteiger partial charge in [-0.15, -0.1) is 0 Å². The van der Waals surface area contributed by atoms with Crippen molar-refractivity contribution in [3.05, 3.63) is 60.7 Å². The lowest BCUT2D eigenvalue weighted by Gasteiger charge is -2.47. The van der Waals surface area contributed by atoms with Crippen LogP contribution in [0.4, 0.5) is 4.79 Å². The summed E-state index contributed by atoms with van der Waals surface area (Å²) in [5.41, 5.74) is -1.85. The summed E-state index contributed by atoms with van der Waals surface area (Å²) in [6.45, 7) is 14.5. The number of hydrogen-bond donors (Lipinski definition) is 1. The SMILES string of the molecule is COCOC[C@]1(CO[Si](c2ccccc2)(c2ccccc2)C(C)(C)C)[C@H](O)[C@@H](C)CN1C(=O)OC(C)(C)C. The molecule has 1 N–H and O–H groups in total. The Labute approximate surface area is 229 Å². The van der Waals surface area contributed by atoms with Crippen molar-refractivity contribution >= 4 is 24.8 Å². The van der Waals surface area contributed by atoms with E-state index in [1.54, 1.807) is 12.0 Å². The molecular formula is C30H45NO6Si. The van der Waals surface area contributed by atoms with Gasteiger partial charge in [0.05, 0.1) is 19.3 Å². The van der Waals surface area contributed by atoms with Crippen LogP contribution in [0.5, 0.6) is 0 Å². The first-order valence-electron chi connectivity index (χ1n) is 13.3. The number of hydrogen-bond acceptors (Lipinski definition) is 6. The summed E-state index contributed by atoms with van der Waals surface area (Å²) in [4.78, 5) is 15.1. The molecule has 0 aromatic heterocycles. The molecule has 0 bridgehead atoms. The number of benzene rings is 2. The molecule has 1 amide bonds. The van der Waals surface area contributed by atoms with E-state index in [-0.39, 0.29) is 31.0 Å². The fraction of sp³-hybridized carbons (Fsp3) is 0.567. The lowest BCUT2D eigenvalue weighted by atomic mass is 9.91. The molecule has 0 spiro atoms. The van der Waals surface area contributed by atoms with Crippen LogP contribution in [0.3, 0.4) is 0 Å². The molecule has 7 nitrogen and oxygen atoms in total. The largest absolute Gasteiger partial charge is 0.444 e. The van der Waals surface area contributed by atoms with Gasteiger partial charge in [-0.1, -0.05) is 88.4 Å². The van der Waals surface area contributed by atoms with Crippen LogP contribution in [0.1, 0.15) is 48.5 Å². The van der Waals surface area contributed by atoms with Gasteiger partial charge in [-0.3, -0.25) is 4.90 Å². The second kappa shape index (κ2) is 11.9. The molecule has 1 saturated heterocycles. The minimum Gasteiger partial charge on any atom is -0.444 e. The first-order chi connectivity index (χ1) is 17.8. The van der Waals surface area contributed by atoms with Gasteiger partial charge in [0.2, 0.25) is 0 Å². The number of ether oxygens (including phenoxy) is 3. The average molecular weight is 544 g/mol. The molecule has 1 fully saturated rings. The third-order valence-electron chi connectivity index (χ3n) is 7.22. The Hall–Kier alpha value is -2.23. The van der Waals surface area contributed by atoms with E-state index in [2.05, 4.69) is 45.0 Å². The Kier molecular flexibility index (Phi) is 9.48. The van der Waals surface area contributed by atoms with Crippen LogP contribution in [-0.4, -0.2) is 75.3 Å². The molecule has 2 aromatic carbocycles. The van der Waals surface area contributed by atoms with E-state index in [0.717, 1.165) is 10.4 Å². The molecular weight excluding hydrogens is 498 g/mol. The number of aliphatic hydroxyl groups is 1. The third kappa shape index (κ3) is 6.15. The minimum atomic E-state index is -2.95. The number of aliphatic hydroxyl groups excluding tert-OH is 1. The molecule has 1 aliphatic heterocycles. The summed E-state index contributed by atoms with van der Waals surface area (Å²) < 4.78 is 24.0. The Balaban J connectivity index is 2.14. The van der Waals surface area contributed by atoms with Gasteiger partial charge >= 0.3 is 6.09 Å². The maximum Gasteiger partial charge on any atom is 0.411 e. The predicted octanol–water partition coefficient (Wildman–Crippen LogP) is 4.17. The topological polar surface area (TPSA) is 77.5 Å². The molecule has 3 atom stereocenters. The summed E-state index contributed by atoms with van der Waals surface area (Å²) in [7, 11) is -1.40. The molecule has 1 aliphatic rings. The van der Waals surface area contributed by atoms with Gasteiger partial charge in [0.25, 0.3) is 8.32 Å². The normalized spacial score (nSPS) is 22.5. The Morgan fingerprint density at radius 2 is 1.50 bits per heavy atom. The summed E-state index contributed by atoms with van der Waals surface area (Å²) in [6.07, 6.45) is -1.38. The van der Waals surface area contributed by atoms with Crippen LogP contribution in [0.2, 0.25) is 5.04 Å². The van der Waals surface area contributed by atoms with Crippen molar-refractivity contribution in [2.45, 2.75) is 70.7 Å². The zero-order valence-electron chi connectivity index (χ0n) is 24.2. The van der Waals surface area contributed by atoms with Crippen molar-refractivity contribution in [3.8, 4) is 0 Å². The van der Waals surface area contributed by atoms with E-state index in [9.17, 15) is 9.90 Å². The Bertz CT molecular complexity index is 997. The van der Waals surface area contributed by atoms with E-state index in [0.29, 0.717) is 6.54 Å². The number of carbonyl (C=O) groups excluding carboxylic acids is 1. The monoisotopic (exact) mass is 543 g/mol. The predicted molar refractivity (Wildman–Crippen MR) is 152 cm³/mol. The Morgan fingerprint density at radius 3 is 1.95 bits per heavy atom. The quantitative estimate of drug-likeness (QED) is 0.291.